The Morgan fingerprint density at radius 3 is 2.65 bits per heavy atom. The lowest BCUT2D eigenvalue weighted by molar-refractivity contribution is 0.0988. The van der Waals surface area contributed by atoms with E-state index in [-0.39, 0.29) is 10.9 Å². The van der Waals surface area contributed by atoms with Gasteiger partial charge in [0.2, 0.25) is 0 Å². The average molecular weight is 293 g/mol. The molecular weight excluding hydrogens is 279 g/mol. The van der Waals surface area contributed by atoms with Gasteiger partial charge in [-0.3, -0.25) is 4.79 Å². The fourth-order valence-corrected chi connectivity index (χ4v) is 2.15. The third-order valence-electron chi connectivity index (χ3n) is 2.94. The molecule has 0 spiro atoms. The molecule has 2 rings (SSSR count). The van der Waals surface area contributed by atoms with Crippen molar-refractivity contribution >= 4 is 28.9 Å². The molecule has 0 aliphatic heterocycles. The molecule has 0 radical (unpaired) electrons. The summed E-state index contributed by atoms with van der Waals surface area (Å²) in [5, 5.41) is 0.215. The number of benzene rings is 2. The summed E-state index contributed by atoms with van der Waals surface area (Å²) in [6, 6.07) is 10.7. The van der Waals surface area contributed by atoms with Crippen LogP contribution >= 0.6 is 11.6 Å². The summed E-state index contributed by atoms with van der Waals surface area (Å²) in [7, 11) is 0. The van der Waals surface area contributed by atoms with Crippen LogP contribution in [-0.2, 0) is 0 Å². The maximum atomic E-state index is 13.3. The van der Waals surface area contributed by atoms with E-state index in [4.69, 9.17) is 17.3 Å². The van der Waals surface area contributed by atoms with Gasteiger partial charge in [-0.2, -0.15) is 0 Å². The molecule has 2 aromatic carbocycles. The standard InChI is InChI=1S/C15H14ClFN2O/c1-2-19(11-6-3-5-10(17)9-11)15(20)12-7-4-8-13(18)14(12)16/h3-9H,2,18H2,1H3. The van der Waals surface area contributed by atoms with Crippen molar-refractivity contribution in [3.63, 3.8) is 0 Å². The molecule has 2 N–H and O–H groups in total. The molecule has 0 aliphatic carbocycles. The van der Waals surface area contributed by atoms with Gasteiger partial charge in [-0.15, -0.1) is 0 Å². The van der Waals surface area contributed by atoms with Gasteiger partial charge < -0.3 is 10.6 Å². The fraction of sp³-hybridized carbons (Fsp3) is 0.133. The number of rotatable bonds is 3. The summed E-state index contributed by atoms with van der Waals surface area (Å²) in [5.41, 5.74) is 6.83. The highest BCUT2D eigenvalue weighted by Gasteiger charge is 2.19. The molecule has 1 amide bonds. The molecule has 2 aromatic rings. The minimum Gasteiger partial charge on any atom is -0.398 e. The van der Waals surface area contributed by atoms with Crippen LogP contribution in [0.5, 0.6) is 0 Å². The maximum Gasteiger partial charge on any atom is 0.259 e. The van der Waals surface area contributed by atoms with Crippen LogP contribution in [0.25, 0.3) is 0 Å². The Balaban J connectivity index is 2.42. The zero-order valence-electron chi connectivity index (χ0n) is 10.9. The molecule has 0 unspecified atom stereocenters. The second-order valence-corrected chi connectivity index (χ2v) is 4.62. The number of nitrogen functional groups attached to an aromatic ring is 1. The summed E-state index contributed by atoms with van der Waals surface area (Å²) < 4.78 is 13.3. The average Bonchev–Trinajstić information content (AvgIpc) is 2.42. The zero-order chi connectivity index (χ0) is 14.7. The van der Waals surface area contributed by atoms with Gasteiger partial charge >= 0.3 is 0 Å². The quantitative estimate of drug-likeness (QED) is 0.876. The first-order chi connectivity index (χ1) is 9.54. The highest BCUT2D eigenvalue weighted by Crippen LogP contribution is 2.26. The predicted molar refractivity (Wildman–Crippen MR) is 79.6 cm³/mol. The van der Waals surface area contributed by atoms with Gasteiger partial charge in [-0.05, 0) is 37.3 Å². The predicted octanol–water partition coefficient (Wildman–Crippen LogP) is 3.73. The lowest BCUT2D eigenvalue weighted by atomic mass is 10.1. The Labute approximate surface area is 121 Å². The third kappa shape index (κ3) is 2.75. The van der Waals surface area contributed by atoms with Crippen LogP contribution in [0.15, 0.2) is 42.5 Å². The van der Waals surface area contributed by atoms with Crippen LogP contribution in [0.1, 0.15) is 17.3 Å². The van der Waals surface area contributed by atoms with Crippen LogP contribution in [0.3, 0.4) is 0 Å². The number of nitrogens with zero attached hydrogens (tertiary/aromatic N) is 1. The van der Waals surface area contributed by atoms with E-state index in [0.717, 1.165) is 0 Å². The molecule has 0 heterocycles. The monoisotopic (exact) mass is 292 g/mol. The molecule has 0 saturated carbocycles. The van der Waals surface area contributed by atoms with Gasteiger partial charge in [0.25, 0.3) is 5.91 Å². The first-order valence-corrected chi connectivity index (χ1v) is 6.53. The van der Waals surface area contributed by atoms with Crippen molar-refractivity contribution in [1.82, 2.24) is 0 Å². The van der Waals surface area contributed by atoms with Crippen LogP contribution in [0, 0.1) is 5.82 Å². The third-order valence-corrected chi connectivity index (χ3v) is 3.36. The highest BCUT2D eigenvalue weighted by molar-refractivity contribution is 6.36. The number of hydrogen-bond donors (Lipinski definition) is 1. The van der Waals surface area contributed by atoms with Gasteiger partial charge in [-0.25, -0.2) is 4.39 Å². The number of carbonyl (C=O) groups excluding carboxylic acids is 1. The first kappa shape index (κ1) is 14.3. The molecule has 0 fully saturated rings. The van der Waals surface area contributed by atoms with Crippen molar-refractivity contribution in [2.75, 3.05) is 17.2 Å². The molecule has 0 bridgehead atoms. The van der Waals surface area contributed by atoms with E-state index in [1.54, 1.807) is 30.3 Å². The summed E-state index contributed by atoms with van der Waals surface area (Å²) >= 11 is 6.06. The van der Waals surface area contributed by atoms with Crippen molar-refractivity contribution in [2.45, 2.75) is 6.92 Å². The number of anilines is 2. The SMILES string of the molecule is CCN(C(=O)c1cccc(N)c1Cl)c1cccc(F)c1. The Morgan fingerprint density at radius 1 is 1.30 bits per heavy atom. The van der Waals surface area contributed by atoms with E-state index in [1.165, 1.54) is 17.0 Å². The first-order valence-electron chi connectivity index (χ1n) is 6.16. The van der Waals surface area contributed by atoms with Crippen molar-refractivity contribution in [3.05, 3.63) is 58.9 Å². The van der Waals surface area contributed by atoms with Crippen molar-refractivity contribution < 1.29 is 9.18 Å². The van der Waals surface area contributed by atoms with Crippen LogP contribution in [0.4, 0.5) is 15.8 Å². The van der Waals surface area contributed by atoms with E-state index in [1.807, 2.05) is 6.92 Å². The summed E-state index contributed by atoms with van der Waals surface area (Å²) in [6.07, 6.45) is 0. The number of nitrogens with two attached hydrogens (primary N) is 1. The Morgan fingerprint density at radius 2 is 2.00 bits per heavy atom. The van der Waals surface area contributed by atoms with Gasteiger partial charge in [0, 0.05) is 12.2 Å². The molecule has 0 saturated heterocycles. The number of hydrogen-bond acceptors (Lipinski definition) is 2. The van der Waals surface area contributed by atoms with E-state index >= 15 is 0 Å². The second-order valence-electron chi connectivity index (χ2n) is 4.24. The molecule has 0 atom stereocenters. The lowest BCUT2D eigenvalue weighted by Crippen LogP contribution is -2.31. The van der Waals surface area contributed by atoms with Crippen LogP contribution < -0.4 is 10.6 Å². The number of halogens is 2. The van der Waals surface area contributed by atoms with Crippen molar-refractivity contribution in [3.8, 4) is 0 Å². The molecular formula is C15H14ClFN2O. The summed E-state index contributed by atoms with van der Waals surface area (Å²) in [4.78, 5) is 14.0. The van der Waals surface area contributed by atoms with E-state index in [0.29, 0.717) is 23.5 Å². The van der Waals surface area contributed by atoms with Gasteiger partial charge in [-0.1, -0.05) is 23.7 Å². The highest BCUT2D eigenvalue weighted by atomic mass is 35.5. The molecule has 0 aromatic heterocycles. The van der Waals surface area contributed by atoms with Crippen LogP contribution in [0.2, 0.25) is 5.02 Å². The Kier molecular flexibility index (Phi) is 4.25. The molecule has 5 heteroatoms. The van der Waals surface area contributed by atoms with Gasteiger partial charge in [0.1, 0.15) is 5.82 Å². The van der Waals surface area contributed by atoms with E-state index in [2.05, 4.69) is 0 Å². The molecule has 104 valence electrons. The minimum atomic E-state index is -0.396. The normalized spacial score (nSPS) is 10.3. The lowest BCUT2D eigenvalue weighted by Gasteiger charge is -2.22. The van der Waals surface area contributed by atoms with Crippen LogP contribution in [-0.4, -0.2) is 12.5 Å². The summed E-state index contributed by atoms with van der Waals surface area (Å²) in [5.74, 6) is -0.706. The maximum absolute atomic E-state index is 13.3. The summed E-state index contributed by atoms with van der Waals surface area (Å²) in [6.45, 7) is 2.20. The Bertz CT molecular complexity index is 646. The molecule has 20 heavy (non-hydrogen) atoms. The Hall–Kier alpha value is -2.07. The fourth-order valence-electron chi connectivity index (χ4n) is 1.95. The topological polar surface area (TPSA) is 46.3 Å². The second kappa shape index (κ2) is 5.92. The van der Waals surface area contributed by atoms with Gasteiger partial charge in [0.05, 0.1) is 16.3 Å². The number of amides is 1. The van der Waals surface area contributed by atoms with E-state index in [9.17, 15) is 9.18 Å². The molecule has 0 aliphatic rings. The zero-order valence-corrected chi connectivity index (χ0v) is 11.7. The van der Waals surface area contributed by atoms with Gasteiger partial charge in [0.15, 0.2) is 0 Å². The van der Waals surface area contributed by atoms with Crippen molar-refractivity contribution in [2.24, 2.45) is 0 Å². The van der Waals surface area contributed by atoms with Crippen molar-refractivity contribution in [1.29, 1.82) is 0 Å². The largest absolute Gasteiger partial charge is 0.398 e. The van der Waals surface area contributed by atoms with E-state index < -0.39 is 5.82 Å². The smallest absolute Gasteiger partial charge is 0.259 e. The molecule has 3 nitrogen and oxygen atoms in total. The minimum absolute atomic E-state index is 0.215. The number of carbonyl (C=O) groups is 1.